The lowest BCUT2D eigenvalue weighted by Gasteiger charge is -2.04. The van der Waals surface area contributed by atoms with E-state index >= 15 is 0 Å². The van der Waals surface area contributed by atoms with Crippen molar-refractivity contribution in [3.05, 3.63) is 18.0 Å². The Morgan fingerprint density at radius 1 is 1.92 bits per heavy atom. The van der Waals surface area contributed by atoms with Crippen molar-refractivity contribution in [2.24, 2.45) is 12.8 Å². The third kappa shape index (κ3) is 2.04. The van der Waals surface area contributed by atoms with Crippen LogP contribution in [0.1, 0.15) is 11.6 Å². The van der Waals surface area contributed by atoms with Crippen molar-refractivity contribution < 1.29 is 4.79 Å². The highest BCUT2D eigenvalue weighted by Crippen LogP contribution is 2.07. The minimum absolute atomic E-state index is 0.532. The van der Waals surface area contributed by atoms with Gasteiger partial charge in [-0.3, -0.25) is 14.8 Å². The molecule has 1 aromatic rings. The quantitative estimate of drug-likeness (QED) is 0.450. The lowest BCUT2D eigenvalue weighted by Crippen LogP contribution is -2.30. The van der Waals surface area contributed by atoms with E-state index < -0.39 is 11.9 Å². The Bertz CT molecular complexity index is 350. The molecule has 1 unspecified atom stereocenters. The molecule has 0 spiro atoms. The van der Waals surface area contributed by atoms with Gasteiger partial charge in [-0.15, -0.1) is 0 Å². The molecule has 6 heteroatoms. The van der Waals surface area contributed by atoms with Crippen LogP contribution in [-0.4, -0.2) is 15.7 Å². The van der Waals surface area contributed by atoms with Gasteiger partial charge < -0.3 is 5.73 Å². The maximum absolute atomic E-state index is 11.1. The predicted octanol–water partition coefficient (Wildman–Crippen LogP) is -0.983. The molecule has 0 aliphatic carbocycles. The third-order valence-corrected chi connectivity index (χ3v) is 1.55. The Labute approximate surface area is 74.9 Å². The van der Waals surface area contributed by atoms with Gasteiger partial charge in [0.25, 0.3) is 5.91 Å². The Hall–Kier alpha value is -1.87. The zero-order valence-electron chi connectivity index (χ0n) is 7.06. The van der Waals surface area contributed by atoms with E-state index in [-0.39, 0.29) is 0 Å². The van der Waals surface area contributed by atoms with Crippen LogP contribution < -0.4 is 11.1 Å². The Kier molecular flexibility index (Phi) is 2.62. The molecular weight excluding hydrogens is 170 g/mol. The van der Waals surface area contributed by atoms with Crippen LogP contribution in [-0.2, 0) is 11.8 Å². The summed E-state index contributed by atoms with van der Waals surface area (Å²) in [5.41, 5.74) is 6.10. The van der Waals surface area contributed by atoms with Crippen LogP contribution in [0.3, 0.4) is 0 Å². The molecule has 0 fully saturated rings. The third-order valence-electron chi connectivity index (χ3n) is 1.55. The molecule has 68 valence electrons. The minimum Gasteiger partial charge on any atom is -0.316 e. The maximum atomic E-state index is 11.1. The molecule has 0 saturated carbocycles. The first-order chi connectivity index (χ1) is 6.15. The molecule has 1 aromatic heterocycles. The number of aryl methyl sites for hydroxylation is 1. The second-order valence-corrected chi connectivity index (χ2v) is 2.53. The molecule has 3 N–H and O–H groups in total. The van der Waals surface area contributed by atoms with E-state index in [0.29, 0.717) is 5.56 Å². The van der Waals surface area contributed by atoms with Crippen LogP contribution >= 0.6 is 0 Å². The summed E-state index contributed by atoms with van der Waals surface area (Å²) in [4.78, 5) is 11.1. The number of amides is 1. The standard InChI is InChI=1S/C7H9N5O/c1-12-3-5(2-11-12)6(9)7(13)10-4-8/h2-3,6H,9H2,1H3,(H,10,13). The summed E-state index contributed by atoms with van der Waals surface area (Å²) in [6.07, 6.45) is 4.63. The summed E-state index contributed by atoms with van der Waals surface area (Å²) >= 11 is 0. The number of hydrogen-bond donors (Lipinski definition) is 2. The van der Waals surface area contributed by atoms with E-state index in [9.17, 15) is 4.79 Å². The highest BCUT2D eigenvalue weighted by molar-refractivity contribution is 5.83. The lowest BCUT2D eigenvalue weighted by atomic mass is 10.2. The lowest BCUT2D eigenvalue weighted by molar-refractivity contribution is -0.121. The first kappa shape index (κ1) is 9.22. The first-order valence-electron chi connectivity index (χ1n) is 3.58. The number of carbonyl (C=O) groups is 1. The summed E-state index contributed by atoms with van der Waals surface area (Å²) < 4.78 is 1.54. The van der Waals surface area contributed by atoms with Crippen LogP contribution in [0, 0.1) is 11.5 Å². The Balaban J connectivity index is 2.74. The van der Waals surface area contributed by atoms with E-state index in [1.54, 1.807) is 13.2 Å². The largest absolute Gasteiger partial charge is 0.316 e. The Morgan fingerprint density at radius 2 is 2.62 bits per heavy atom. The van der Waals surface area contributed by atoms with Crippen LogP contribution in [0.15, 0.2) is 12.4 Å². The van der Waals surface area contributed by atoms with Gasteiger partial charge in [0, 0.05) is 18.8 Å². The van der Waals surface area contributed by atoms with E-state index in [4.69, 9.17) is 11.0 Å². The number of nitrogens with zero attached hydrogens (tertiary/aromatic N) is 3. The summed E-state index contributed by atoms with van der Waals surface area (Å²) in [6.45, 7) is 0. The SMILES string of the molecule is Cn1cc(C(N)C(=O)NC#N)cn1. The van der Waals surface area contributed by atoms with Gasteiger partial charge in [-0.1, -0.05) is 0 Å². The second-order valence-electron chi connectivity index (χ2n) is 2.53. The summed E-state index contributed by atoms with van der Waals surface area (Å²) in [6, 6.07) is -0.839. The number of hydrogen-bond acceptors (Lipinski definition) is 4. The van der Waals surface area contributed by atoms with Crippen molar-refractivity contribution in [1.29, 1.82) is 5.26 Å². The van der Waals surface area contributed by atoms with Gasteiger partial charge in [0.15, 0.2) is 6.19 Å². The molecule has 0 aromatic carbocycles. The summed E-state index contributed by atoms with van der Waals surface area (Å²) in [5, 5.41) is 14.0. The monoisotopic (exact) mass is 179 g/mol. The maximum Gasteiger partial charge on any atom is 0.254 e. The number of aromatic nitrogens is 2. The van der Waals surface area contributed by atoms with Crippen LogP contribution in [0.2, 0.25) is 0 Å². The molecule has 0 radical (unpaired) electrons. The molecule has 0 aliphatic rings. The number of nitrogens with one attached hydrogen (secondary N) is 1. The number of rotatable bonds is 2. The smallest absolute Gasteiger partial charge is 0.254 e. The van der Waals surface area contributed by atoms with Gasteiger partial charge in [-0.05, 0) is 0 Å². The van der Waals surface area contributed by atoms with Gasteiger partial charge in [0.2, 0.25) is 0 Å². The van der Waals surface area contributed by atoms with Gasteiger partial charge in [-0.2, -0.15) is 10.4 Å². The molecule has 1 rings (SSSR count). The van der Waals surface area contributed by atoms with Crippen molar-refractivity contribution in [3.63, 3.8) is 0 Å². The second kappa shape index (κ2) is 3.69. The molecule has 13 heavy (non-hydrogen) atoms. The normalized spacial score (nSPS) is 11.8. The molecular formula is C7H9N5O. The van der Waals surface area contributed by atoms with Gasteiger partial charge in [0.05, 0.1) is 6.20 Å². The van der Waals surface area contributed by atoms with Crippen molar-refractivity contribution in [2.75, 3.05) is 0 Å². The molecule has 1 atom stereocenters. The van der Waals surface area contributed by atoms with Crippen LogP contribution in [0.5, 0.6) is 0 Å². The Morgan fingerprint density at radius 3 is 3.08 bits per heavy atom. The fourth-order valence-corrected chi connectivity index (χ4v) is 0.885. The molecule has 1 heterocycles. The van der Waals surface area contributed by atoms with Gasteiger partial charge in [-0.25, -0.2) is 0 Å². The predicted molar refractivity (Wildman–Crippen MR) is 43.9 cm³/mol. The first-order valence-corrected chi connectivity index (χ1v) is 3.58. The van der Waals surface area contributed by atoms with E-state index in [2.05, 4.69) is 5.10 Å². The van der Waals surface area contributed by atoms with Crippen molar-refractivity contribution in [2.45, 2.75) is 6.04 Å². The average molecular weight is 179 g/mol. The van der Waals surface area contributed by atoms with Crippen LogP contribution in [0.25, 0.3) is 0 Å². The summed E-state index contributed by atoms with van der Waals surface area (Å²) in [5.74, 6) is -0.532. The van der Waals surface area contributed by atoms with Crippen molar-refractivity contribution in [3.8, 4) is 6.19 Å². The van der Waals surface area contributed by atoms with Crippen LogP contribution in [0.4, 0.5) is 0 Å². The topological polar surface area (TPSA) is 96.7 Å². The average Bonchev–Trinajstić information content (AvgIpc) is 2.51. The highest BCUT2D eigenvalue weighted by atomic mass is 16.2. The zero-order chi connectivity index (χ0) is 9.84. The summed E-state index contributed by atoms with van der Waals surface area (Å²) in [7, 11) is 1.72. The zero-order valence-corrected chi connectivity index (χ0v) is 7.06. The van der Waals surface area contributed by atoms with Gasteiger partial charge in [0.1, 0.15) is 6.04 Å². The molecule has 6 nitrogen and oxygen atoms in total. The molecule has 0 aliphatic heterocycles. The van der Waals surface area contributed by atoms with E-state index in [0.717, 1.165) is 0 Å². The van der Waals surface area contributed by atoms with Crippen molar-refractivity contribution in [1.82, 2.24) is 15.1 Å². The fourth-order valence-electron chi connectivity index (χ4n) is 0.885. The van der Waals surface area contributed by atoms with Gasteiger partial charge >= 0.3 is 0 Å². The van der Waals surface area contributed by atoms with E-state index in [1.165, 1.54) is 17.1 Å². The number of nitrogens with two attached hydrogens (primary N) is 1. The highest BCUT2D eigenvalue weighted by Gasteiger charge is 2.16. The van der Waals surface area contributed by atoms with E-state index in [1.807, 2.05) is 5.32 Å². The van der Waals surface area contributed by atoms with Crippen molar-refractivity contribution >= 4 is 5.91 Å². The number of nitriles is 1. The molecule has 1 amide bonds. The molecule has 0 saturated heterocycles. The minimum atomic E-state index is -0.839. The number of carbonyl (C=O) groups excluding carboxylic acids is 1. The fraction of sp³-hybridized carbons (Fsp3) is 0.286. The molecule has 0 bridgehead atoms.